The summed E-state index contributed by atoms with van der Waals surface area (Å²) >= 11 is 0. The minimum Gasteiger partial charge on any atom is -0.748 e. The van der Waals surface area contributed by atoms with Gasteiger partial charge in [0.2, 0.25) is 0 Å². The van der Waals surface area contributed by atoms with Crippen molar-refractivity contribution in [3.8, 4) is 0 Å². The summed E-state index contributed by atoms with van der Waals surface area (Å²) in [6, 6.07) is 4.17. The van der Waals surface area contributed by atoms with Crippen molar-refractivity contribution in [2.24, 2.45) is 0 Å². The van der Waals surface area contributed by atoms with Gasteiger partial charge in [-0.05, 0) is 6.07 Å². The van der Waals surface area contributed by atoms with Crippen molar-refractivity contribution in [3.05, 3.63) is 34.4 Å². The van der Waals surface area contributed by atoms with Crippen LogP contribution in [0.25, 0.3) is 0 Å². The topological polar surface area (TPSA) is 134 Å². The second-order valence-electron chi connectivity index (χ2n) is 3.34. The Morgan fingerprint density at radius 3 is 2.16 bits per heavy atom. The van der Waals surface area contributed by atoms with E-state index in [0.29, 0.717) is 0 Å². The molecule has 0 aliphatic heterocycles. The van der Waals surface area contributed by atoms with E-state index < -0.39 is 42.1 Å². The van der Waals surface area contributed by atoms with Crippen molar-refractivity contribution >= 4 is 25.6 Å². The third kappa shape index (κ3) is 5.97. The van der Waals surface area contributed by atoms with E-state index in [2.05, 4.69) is 0 Å². The van der Waals surface area contributed by atoms with E-state index in [4.69, 9.17) is 0 Å². The van der Waals surface area contributed by atoms with Gasteiger partial charge in [0.25, 0.3) is 5.69 Å². The molecule has 0 amide bonds. The largest absolute Gasteiger partial charge is 1.00 e. The zero-order valence-corrected chi connectivity index (χ0v) is 13.5. The summed E-state index contributed by atoms with van der Waals surface area (Å²) in [6.45, 7) is 0. The molecule has 0 aliphatic rings. The van der Waals surface area contributed by atoms with Crippen LogP contribution in [-0.4, -0.2) is 37.8 Å². The summed E-state index contributed by atoms with van der Waals surface area (Å²) in [7, 11) is -8.69. The summed E-state index contributed by atoms with van der Waals surface area (Å²) in [5.41, 5.74) is -0.430. The summed E-state index contributed by atoms with van der Waals surface area (Å²) in [4.78, 5) is 9.30. The van der Waals surface area contributed by atoms with Gasteiger partial charge in [0.05, 0.1) is 31.4 Å². The summed E-state index contributed by atoms with van der Waals surface area (Å²) < 4.78 is 54.3. The van der Waals surface area contributed by atoms with E-state index in [1.165, 1.54) is 0 Å². The van der Waals surface area contributed by atoms with Crippen molar-refractivity contribution in [3.63, 3.8) is 0 Å². The quantitative estimate of drug-likeness (QED) is 0.243. The van der Waals surface area contributed by atoms with E-state index in [-0.39, 0.29) is 34.5 Å². The summed E-state index contributed by atoms with van der Waals surface area (Å²) in [5, 5.41) is 10.5. The first-order valence-electron chi connectivity index (χ1n) is 4.52. The number of rotatable bonds is 5. The summed E-state index contributed by atoms with van der Waals surface area (Å²) in [6.07, 6.45) is 0. The first-order valence-corrected chi connectivity index (χ1v) is 7.75. The Bertz CT molecular complexity index is 668. The smallest absolute Gasteiger partial charge is 0.748 e. The van der Waals surface area contributed by atoms with E-state index in [1.807, 2.05) is 0 Å². The van der Waals surface area contributed by atoms with Crippen LogP contribution in [0.1, 0.15) is 0 Å². The molecular formula is C8H8NNaO7S2. The third-order valence-corrected chi connectivity index (χ3v) is 4.67. The van der Waals surface area contributed by atoms with Gasteiger partial charge in [-0.3, -0.25) is 10.1 Å². The normalized spacial score (nSPS) is 11.6. The molecule has 11 heteroatoms. The minimum absolute atomic E-state index is 0. The van der Waals surface area contributed by atoms with Crippen LogP contribution in [0, 0.1) is 10.1 Å². The molecule has 0 N–H and O–H groups in total. The Balaban J connectivity index is 0.00000324. The molecule has 0 aliphatic carbocycles. The number of benzene rings is 1. The standard InChI is InChI=1S/C8H9NO7S2.Na/c10-9(11)7-2-1-3-8(6-7)17(12,13)4-5-18(14,15)16;/h1-3,6H,4-5H2,(H,14,15,16);/q;+1/p-1. The van der Waals surface area contributed by atoms with Crippen molar-refractivity contribution < 1.29 is 55.9 Å². The molecule has 0 atom stereocenters. The van der Waals surface area contributed by atoms with Crippen LogP contribution < -0.4 is 29.6 Å². The van der Waals surface area contributed by atoms with Gasteiger partial charge in [0, 0.05) is 12.1 Å². The van der Waals surface area contributed by atoms with Gasteiger partial charge in [-0.15, -0.1) is 0 Å². The minimum atomic E-state index is -4.65. The molecule has 19 heavy (non-hydrogen) atoms. The van der Waals surface area contributed by atoms with Crippen molar-refractivity contribution in [1.82, 2.24) is 0 Å². The van der Waals surface area contributed by atoms with Crippen LogP contribution in [0.4, 0.5) is 5.69 Å². The Hall–Kier alpha value is -0.520. The molecule has 0 aromatic heterocycles. The van der Waals surface area contributed by atoms with Crippen LogP contribution in [0.15, 0.2) is 29.2 Å². The molecular weight excluding hydrogens is 309 g/mol. The molecule has 1 aromatic carbocycles. The number of nitrogens with zero attached hydrogens (tertiary/aromatic N) is 1. The number of nitro benzene ring substituents is 1. The molecule has 0 fully saturated rings. The Labute approximate surface area is 131 Å². The van der Waals surface area contributed by atoms with Gasteiger partial charge in [-0.2, -0.15) is 0 Å². The molecule has 0 spiro atoms. The van der Waals surface area contributed by atoms with Crippen LogP contribution in [-0.2, 0) is 20.0 Å². The molecule has 0 radical (unpaired) electrons. The van der Waals surface area contributed by atoms with Crippen LogP contribution in [0.2, 0.25) is 0 Å². The molecule has 8 nitrogen and oxygen atoms in total. The van der Waals surface area contributed by atoms with E-state index in [9.17, 15) is 31.5 Å². The number of hydrogen-bond donors (Lipinski definition) is 0. The Morgan fingerprint density at radius 1 is 1.11 bits per heavy atom. The average molecular weight is 317 g/mol. The maximum atomic E-state index is 11.6. The fourth-order valence-electron chi connectivity index (χ4n) is 1.12. The molecule has 1 rings (SSSR count). The fourth-order valence-corrected chi connectivity index (χ4v) is 3.64. The number of nitro groups is 1. The van der Waals surface area contributed by atoms with Gasteiger partial charge in [0.1, 0.15) is 0 Å². The molecule has 0 saturated carbocycles. The molecule has 1 aromatic rings. The molecule has 0 bridgehead atoms. The van der Waals surface area contributed by atoms with Crippen molar-refractivity contribution in [2.45, 2.75) is 4.90 Å². The molecule has 0 heterocycles. The van der Waals surface area contributed by atoms with Gasteiger partial charge in [-0.1, -0.05) is 6.07 Å². The van der Waals surface area contributed by atoms with Crippen molar-refractivity contribution in [1.29, 1.82) is 0 Å². The predicted octanol–water partition coefficient (Wildman–Crippen LogP) is -3.08. The second kappa shape index (κ2) is 6.77. The maximum Gasteiger partial charge on any atom is 1.00 e. The number of hydrogen-bond acceptors (Lipinski definition) is 7. The van der Waals surface area contributed by atoms with E-state index in [0.717, 1.165) is 24.3 Å². The van der Waals surface area contributed by atoms with Gasteiger partial charge in [-0.25, -0.2) is 16.8 Å². The van der Waals surface area contributed by atoms with Crippen LogP contribution >= 0.6 is 0 Å². The third-order valence-electron chi connectivity index (χ3n) is 1.99. The van der Waals surface area contributed by atoms with Crippen molar-refractivity contribution in [2.75, 3.05) is 11.5 Å². The van der Waals surface area contributed by atoms with E-state index in [1.54, 1.807) is 0 Å². The van der Waals surface area contributed by atoms with Crippen LogP contribution in [0.3, 0.4) is 0 Å². The average Bonchev–Trinajstić information content (AvgIpc) is 2.26. The van der Waals surface area contributed by atoms with Gasteiger partial charge < -0.3 is 4.55 Å². The zero-order valence-electron chi connectivity index (χ0n) is 9.85. The Morgan fingerprint density at radius 2 is 1.68 bits per heavy atom. The van der Waals surface area contributed by atoms with Gasteiger partial charge >= 0.3 is 29.6 Å². The monoisotopic (exact) mass is 317 g/mol. The predicted molar refractivity (Wildman–Crippen MR) is 59.7 cm³/mol. The molecule has 0 unspecified atom stereocenters. The Kier molecular flexibility index (Phi) is 6.59. The van der Waals surface area contributed by atoms with Gasteiger partial charge in [0.15, 0.2) is 9.84 Å². The SMILES string of the molecule is O=[N+]([O-])c1cccc(S(=O)(=O)CCS(=O)(=O)[O-])c1.[Na+]. The molecule has 100 valence electrons. The molecule has 0 saturated heterocycles. The first-order chi connectivity index (χ1) is 8.12. The number of non-ortho nitro benzene ring substituents is 1. The zero-order chi connectivity index (χ0) is 14.0. The summed E-state index contributed by atoms with van der Waals surface area (Å²) in [5.74, 6) is -1.97. The van der Waals surface area contributed by atoms with Crippen LogP contribution in [0.5, 0.6) is 0 Å². The second-order valence-corrected chi connectivity index (χ2v) is 6.97. The first kappa shape index (κ1) is 18.5. The van der Waals surface area contributed by atoms with E-state index >= 15 is 0 Å². The maximum absolute atomic E-state index is 11.6. The fraction of sp³-hybridized carbons (Fsp3) is 0.250. The number of sulfone groups is 1.